The Hall–Kier alpha value is -3.15. The molecule has 3 aromatic rings. The maximum absolute atomic E-state index is 10.7. The summed E-state index contributed by atoms with van der Waals surface area (Å²) in [6, 6.07) is 14.9. The number of para-hydroxylation sites is 1. The van der Waals surface area contributed by atoms with Gasteiger partial charge in [0.05, 0.1) is 23.4 Å². The van der Waals surface area contributed by atoms with Gasteiger partial charge in [-0.1, -0.05) is 44.2 Å². The van der Waals surface area contributed by atoms with Gasteiger partial charge in [0.2, 0.25) is 22.2 Å². The van der Waals surface area contributed by atoms with E-state index in [1.54, 1.807) is 0 Å². The van der Waals surface area contributed by atoms with Crippen molar-refractivity contribution in [3.8, 4) is 0 Å². The van der Waals surface area contributed by atoms with Crippen molar-refractivity contribution in [1.29, 1.82) is 0 Å². The smallest absolute Gasteiger partial charge is 0.228 e. The van der Waals surface area contributed by atoms with Crippen LogP contribution in [0, 0.1) is 0 Å². The minimum absolute atomic E-state index is 0.0439. The van der Waals surface area contributed by atoms with E-state index in [0.29, 0.717) is 18.9 Å². The van der Waals surface area contributed by atoms with Crippen molar-refractivity contribution in [3.63, 3.8) is 0 Å². The molecule has 0 amide bonds. The minimum Gasteiger partial charge on any atom is -0.750 e. The number of nitrogens with zero attached hydrogens (tertiary/aromatic N) is 5. The number of allylic oxidation sites excluding steroid dienone is 4. The maximum atomic E-state index is 10.7. The molecule has 0 spiro atoms. The zero-order valence-corrected chi connectivity index (χ0v) is 27.8. The second-order valence-electron chi connectivity index (χ2n) is 11.9. The highest BCUT2D eigenvalue weighted by Gasteiger charge is 2.43. The van der Waals surface area contributed by atoms with Gasteiger partial charge < -0.3 is 19.0 Å². The Labute approximate surface area is 271 Å². The Bertz CT molecular complexity index is 1670. The molecular weight excluding hydrogens is 619 g/mol. The van der Waals surface area contributed by atoms with E-state index in [9.17, 15) is 8.76 Å². The molecule has 1 N–H and O–H groups in total. The molecule has 0 aliphatic carbocycles. The van der Waals surface area contributed by atoms with Crippen molar-refractivity contribution < 1.29 is 17.5 Å². The number of benzene rings is 2. The summed E-state index contributed by atoms with van der Waals surface area (Å²) >= 11 is 9.36. The molecule has 2 aliphatic heterocycles. The zero-order chi connectivity index (χ0) is 31.6. The number of fused-ring (bicyclic) bond motifs is 2. The highest BCUT2D eigenvalue weighted by Crippen LogP contribution is 2.48. The van der Waals surface area contributed by atoms with Crippen LogP contribution in [-0.2, 0) is 32.9 Å². The number of anilines is 2. The number of halogens is 2. The van der Waals surface area contributed by atoms with E-state index in [4.69, 9.17) is 27.4 Å². The minimum atomic E-state index is -2.48. The molecular formula is C32H36Cl2N6O3S. The summed E-state index contributed by atoms with van der Waals surface area (Å²) in [5, 5.41) is 3.27. The van der Waals surface area contributed by atoms with Crippen LogP contribution in [0.3, 0.4) is 0 Å². The first-order valence-electron chi connectivity index (χ1n) is 14.4. The van der Waals surface area contributed by atoms with Crippen molar-refractivity contribution in [2.24, 2.45) is 0 Å². The summed E-state index contributed by atoms with van der Waals surface area (Å²) in [4.78, 5) is 14.3. The van der Waals surface area contributed by atoms with Crippen molar-refractivity contribution in [1.82, 2.24) is 15.0 Å². The second kappa shape index (κ2) is 13.1. The lowest BCUT2D eigenvalue weighted by molar-refractivity contribution is -0.401. The summed E-state index contributed by atoms with van der Waals surface area (Å²) in [5.41, 5.74) is 7.91. The number of hydrogen-bond donors (Lipinski definition) is 1. The van der Waals surface area contributed by atoms with Crippen molar-refractivity contribution in [3.05, 3.63) is 93.6 Å². The monoisotopic (exact) mass is 654 g/mol. The molecule has 1 unspecified atom stereocenters. The zero-order valence-electron chi connectivity index (χ0n) is 25.4. The Kier molecular flexibility index (Phi) is 9.58. The van der Waals surface area contributed by atoms with Crippen LogP contribution in [0.2, 0.25) is 10.6 Å². The average Bonchev–Trinajstić information content (AvgIpc) is 3.29. The van der Waals surface area contributed by atoms with E-state index in [0.717, 1.165) is 24.2 Å². The lowest BCUT2D eigenvalue weighted by Gasteiger charge is -2.27. The van der Waals surface area contributed by atoms with E-state index in [1.807, 2.05) is 0 Å². The number of unbranched alkanes of at least 4 members (excludes halogenated alkanes) is 1. The third kappa shape index (κ3) is 6.60. The third-order valence-corrected chi connectivity index (χ3v) is 9.09. The number of aromatic nitrogens is 3. The topological polar surface area (TPSA) is 106 Å². The van der Waals surface area contributed by atoms with Crippen LogP contribution in [0.5, 0.6) is 0 Å². The van der Waals surface area contributed by atoms with Gasteiger partial charge >= 0.3 is 0 Å². The summed E-state index contributed by atoms with van der Waals surface area (Å²) in [5.74, 6) is 0.327. The fourth-order valence-electron chi connectivity index (χ4n) is 6.19. The third-order valence-electron chi connectivity index (χ3n) is 8.39. The molecule has 9 nitrogen and oxygen atoms in total. The Morgan fingerprint density at radius 3 is 2.48 bits per heavy atom. The fraction of sp³-hybridized carbons (Fsp3) is 0.375. The molecule has 1 aromatic heterocycles. The van der Waals surface area contributed by atoms with E-state index < -0.39 is 11.4 Å². The molecule has 3 heterocycles. The molecule has 44 heavy (non-hydrogen) atoms. The molecule has 0 saturated carbocycles. The Morgan fingerprint density at radius 2 is 1.75 bits per heavy atom. The van der Waals surface area contributed by atoms with Gasteiger partial charge in [-0.15, -0.1) is 0 Å². The van der Waals surface area contributed by atoms with Crippen LogP contribution in [0.4, 0.5) is 17.3 Å². The predicted molar refractivity (Wildman–Crippen MR) is 176 cm³/mol. The molecule has 5 rings (SSSR count). The first-order valence-corrected chi connectivity index (χ1v) is 16.2. The summed E-state index contributed by atoms with van der Waals surface area (Å²) in [7, 11) is 2.10. The molecule has 0 fully saturated rings. The van der Waals surface area contributed by atoms with Gasteiger partial charge in [-0.2, -0.15) is 19.5 Å². The molecule has 12 heteroatoms. The quantitative estimate of drug-likeness (QED) is 0.140. The Balaban J connectivity index is 1.35. The van der Waals surface area contributed by atoms with E-state index in [1.165, 1.54) is 28.2 Å². The SMILES string of the molecule is C[N+]1=C(C=CC=C2N(CCCCOS(=O)[O-])c3ccccc3C2(C)C)C(C)(C)c2cc(CNc3nc(Cl)nc(Cl)n3)ccc21. The standard InChI is InChI=1S/C32H36Cl2N6O3S/c1-31(2)22-11-6-7-12-25(22)40(17-8-9-18-43-44(41)42)27(31)14-10-13-26-32(3,4)23-19-21(15-16-24(23)39(26)5)20-35-30-37-28(33)36-29(34)38-30/h6-7,10-16,19H,8-9,17-18,20H2,1-5H3,(H-,35,36,37,38,41,42). The van der Waals surface area contributed by atoms with Gasteiger partial charge in [0.1, 0.15) is 7.05 Å². The highest BCUT2D eigenvalue weighted by atomic mass is 35.5. The van der Waals surface area contributed by atoms with E-state index >= 15 is 0 Å². The van der Waals surface area contributed by atoms with Crippen LogP contribution in [0.1, 0.15) is 57.2 Å². The summed E-state index contributed by atoms with van der Waals surface area (Å²) < 4.78 is 28.4. The van der Waals surface area contributed by atoms with Crippen LogP contribution in [0.15, 0.2) is 66.4 Å². The Morgan fingerprint density at radius 1 is 1.02 bits per heavy atom. The average molecular weight is 656 g/mol. The van der Waals surface area contributed by atoms with E-state index in [2.05, 4.69) is 125 Å². The number of hydrogen-bond acceptors (Lipinski definition) is 8. The second-order valence-corrected chi connectivity index (χ2v) is 13.2. The van der Waals surface area contributed by atoms with Crippen LogP contribution >= 0.6 is 23.2 Å². The number of rotatable bonds is 11. The molecule has 0 bridgehead atoms. The normalized spacial score (nSPS) is 18.3. The maximum Gasteiger partial charge on any atom is 0.228 e. The molecule has 0 saturated heterocycles. The van der Waals surface area contributed by atoms with E-state index in [-0.39, 0.29) is 28.0 Å². The van der Waals surface area contributed by atoms with Crippen molar-refractivity contribution in [2.75, 3.05) is 30.4 Å². The highest BCUT2D eigenvalue weighted by molar-refractivity contribution is 7.74. The molecule has 2 aliphatic rings. The van der Waals surface area contributed by atoms with Crippen LogP contribution in [-0.4, -0.2) is 54.2 Å². The van der Waals surface area contributed by atoms with Gasteiger partial charge in [-0.25, -0.2) is 4.21 Å². The summed E-state index contributed by atoms with van der Waals surface area (Å²) in [6.07, 6.45) is 8.02. The van der Waals surface area contributed by atoms with Gasteiger partial charge in [-0.3, -0.25) is 0 Å². The van der Waals surface area contributed by atoms with Gasteiger partial charge in [-0.05, 0) is 79.2 Å². The fourth-order valence-corrected chi connectivity index (χ4v) is 6.81. The molecule has 2 aromatic carbocycles. The summed E-state index contributed by atoms with van der Waals surface area (Å²) in [6.45, 7) is 10.4. The van der Waals surface area contributed by atoms with Crippen LogP contribution < -0.4 is 10.2 Å². The first kappa shape index (κ1) is 32.2. The number of nitrogens with one attached hydrogen (secondary N) is 1. The largest absolute Gasteiger partial charge is 0.750 e. The van der Waals surface area contributed by atoms with Crippen molar-refractivity contribution >= 4 is 57.6 Å². The lowest BCUT2D eigenvalue weighted by Crippen LogP contribution is -2.28. The molecule has 0 radical (unpaired) electrons. The first-order chi connectivity index (χ1) is 20.9. The molecule has 1 atom stereocenters. The molecule has 232 valence electrons. The predicted octanol–water partition coefficient (Wildman–Crippen LogP) is 6.63. The van der Waals surface area contributed by atoms with Crippen LogP contribution in [0.25, 0.3) is 0 Å². The van der Waals surface area contributed by atoms with Crippen molar-refractivity contribution in [2.45, 2.75) is 57.9 Å². The van der Waals surface area contributed by atoms with Gasteiger partial charge in [0, 0.05) is 47.6 Å². The lowest BCUT2D eigenvalue weighted by atomic mass is 9.80. The van der Waals surface area contributed by atoms with Gasteiger partial charge in [0.15, 0.2) is 5.71 Å². The van der Waals surface area contributed by atoms with Gasteiger partial charge in [0.25, 0.3) is 0 Å².